The lowest BCUT2D eigenvalue weighted by Gasteiger charge is -2.35. The molecule has 0 radical (unpaired) electrons. The van der Waals surface area contributed by atoms with Crippen molar-refractivity contribution in [1.82, 2.24) is 9.79 Å². The van der Waals surface area contributed by atoms with Gasteiger partial charge in [0, 0.05) is 6.54 Å². The highest BCUT2D eigenvalue weighted by molar-refractivity contribution is 7.82. The van der Waals surface area contributed by atoms with Gasteiger partial charge in [-0.2, -0.15) is 0 Å². The van der Waals surface area contributed by atoms with Crippen LogP contribution >= 0.6 is 0 Å². The second-order valence-electron chi connectivity index (χ2n) is 7.04. The topological polar surface area (TPSA) is 69.6 Å². The minimum Gasteiger partial charge on any atom is -0.289 e. The largest absolute Gasteiger partial charge is 0.289 e. The van der Waals surface area contributed by atoms with Crippen molar-refractivity contribution in [3.63, 3.8) is 0 Å². The maximum Gasteiger partial charge on any atom is 0.264 e. The van der Waals surface area contributed by atoms with Crippen LogP contribution in [0.1, 0.15) is 34.1 Å². The van der Waals surface area contributed by atoms with E-state index in [1.54, 1.807) is 23.6 Å². The van der Waals surface area contributed by atoms with Crippen LogP contribution in [0.15, 0.2) is 47.4 Å². The first kappa shape index (κ1) is 19.6. The third-order valence-corrected chi connectivity index (χ3v) is 6.01. The van der Waals surface area contributed by atoms with Gasteiger partial charge in [0.2, 0.25) is 0 Å². The van der Waals surface area contributed by atoms with Crippen molar-refractivity contribution in [2.45, 2.75) is 44.6 Å². The quantitative estimate of drug-likeness (QED) is 0.585. The highest BCUT2D eigenvalue weighted by Gasteiger charge is 2.38. The van der Waals surface area contributed by atoms with Gasteiger partial charge < -0.3 is 0 Å². The SMILES string of the molecule is CC(C)CCN(S(=O)c1ccc2ccccc2c1)C(C)(C)C(=O)NO. The molecule has 5 nitrogen and oxygen atoms in total. The Labute approximate surface area is 151 Å². The zero-order valence-corrected chi connectivity index (χ0v) is 16.0. The van der Waals surface area contributed by atoms with Gasteiger partial charge in [-0.15, -0.1) is 0 Å². The smallest absolute Gasteiger partial charge is 0.264 e. The zero-order valence-electron chi connectivity index (χ0n) is 15.2. The normalized spacial score (nSPS) is 13.4. The predicted octanol–water partition coefficient (Wildman–Crippen LogP) is 3.49. The summed E-state index contributed by atoms with van der Waals surface area (Å²) in [5, 5.41) is 11.1. The molecule has 0 aliphatic heterocycles. The van der Waals surface area contributed by atoms with E-state index in [1.807, 2.05) is 42.5 Å². The molecule has 25 heavy (non-hydrogen) atoms. The Morgan fingerprint density at radius 1 is 1.20 bits per heavy atom. The fraction of sp³-hybridized carbons (Fsp3) is 0.421. The number of carbonyl (C=O) groups is 1. The highest BCUT2D eigenvalue weighted by atomic mass is 32.2. The van der Waals surface area contributed by atoms with Gasteiger partial charge in [-0.1, -0.05) is 44.2 Å². The summed E-state index contributed by atoms with van der Waals surface area (Å²) < 4.78 is 14.9. The van der Waals surface area contributed by atoms with Crippen LogP contribution < -0.4 is 5.48 Å². The molecule has 136 valence electrons. The van der Waals surface area contributed by atoms with Crippen LogP contribution in [0.2, 0.25) is 0 Å². The van der Waals surface area contributed by atoms with Crippen molar-refractivity contribution in [2.75, 3.05) is 6.54 Å². The van der Waals surface area contributed by atoms with Crippen molar-refractivity contribution in [1.29, 1.82) is 0 Å². The number of benzene rings is 2. The van der Waals surface area contributed by atoms with E-state index in [4.69, 9.17) is 5.21 Å². The number of nitrogens with one attached hydrogen (secondary N) is 1. The molecule has 0 aliphatic rings. The zero-order chi connectivity index (χ0) is 18.6. The van der Waals surface area contributed by atoms with Crippen LogP contribution in [0, 0.1) is 5.92 Å². The molecular weight excluding hydrogens is 336 g/mol. The monoisotopic (exact) mass is 362 g/mol. The summed E-state index contributed by atoms with van der Waals surface area (Å²) >= 11 is 0. The average molecular weight is 362 g/mol. The minimum absolute atomic E-state index is 0.407. The van der Waals surface area contributed by atoms with E-state index in [2.05, 4.69) is 13.8 Å². The molecule has 6 heteroatoms. The van der Waals surface area contributed by atoms with Gasteiger partial charge >= 0.3 is 0 Å². The van der Waals surface area contributed by atoms with Crippen LogP contribution in [-0.2, 0) is 15.8 Å². The van der Waals surface area contributed by atoms with Crippen molar-refractivity contribution >= 4 is 27.7 Å². The number of fused-ring (bicyclic) bond motifs is 1. The molecule has 0 saturated heterocycles. The summed E-state index contributed by atoms with van der Waals surface area (Å²) in [5.41, 5.74) is 0.583. The highest BCUT2D eigenvalue weighted by Crippen LogP contribution is 2.25. The van der Waals surface area contributed by atoms with Crippen LogP contribution in [-0.4, -0.2) is 31.7 Å². The lowest BCUT2D eigenvalue weighted by Crippen LogP contribution is -2.55. The number of hydrogen-bond acceptors (Lipinski definition) is 3. The van der Waals surface area contributed by atoms with E-state index < -0.39 is 22.4 Å². The third-order valence-electron chi connectivity index (χ3n) is 4.31. The Morgan fingerprint density at radius 2 is 1.84 bits per heavy atom. The number of nitrogens with zero attached hydrogens (tertiary/aromatic N) is 1. The molecule has 0 heterocycles. The van der Waals surface area contributed by atoms with E-state index in [-0.39, 0.29) is 0 Å². The Hall–Kier alpha value is -1.76. The molecule has 1 atom stereocenters. The van der Waals surface area contributed by atoms with Crippen LogP contribution in [0.4, 0.5) is 0 Å². The van der Waals surface area contributed by atoms with E-state index >= 15 is 0 Å². The predicted molar refractivity (Wildman–Crippen MR) is 101 cm³/mol. The molecule has 1 amide bonds. The maximum atomic E-state index is 13.2. The molecule has 0 bridgehead atoms. The average Bonchev–Trinajstić information content (AvgIpc) is 2.59. The van der Waals surface area contributed by atoms with Crippen molar-refractivity contribution < 1.29 is 14.2 Å². The summed E-state index contributed by atoms with van der Waals surface area (Å²) in [6, 6.07) is 13.5. The lowest BCUT2D eigenvalue weighted by molar-refractivity contribution is -0.137. The van der Waals surface area contributed by atoms with E-state index in [1.165, 1.54) is 0 Å². The summed E-state index contributed by atoms with van der Waals surface area (Å²) in [4.78, 5) is 12.8. The van der Waals surface area contributed by atoms with Crippen molar-refractivity contribution in [3.05, 3.63) is 42.5 Å². The maximum absolute atomic E-state index is 13.2. The number of hydrogen-bond donors (Lipinski definition) is 2. The van der Waals surface area contributed by atoms with Gasteiger partial charge in [-0.05, 0) is 49.1 Å². The minimum atomic E-state index is -1.52. The van der Waals surface area contributed by atoms with Gasteiger partial charge in [0.05, 0.1) is 4.90 Å². The number of hydroxylamine groups is 1. The first-order valence-corrected chi connectivity index (χ1v) is 9.51. The molecule has 0 spiro atoms. The lowest BCUT2D eigenvalue weighted by atomic mass is 10.0. The van der Waals surface area contributed by atoms with Crippen LogP contribution in [0.5, 0.6) is 0 Å². The Bertz CT molecular complexity index is 774. The molecule has 0 aromatic heterocycles. The van der Waals surface area contributed by atoms with Gasteiger partial charge in [-0.25, -0.2) is 14.0 Å². The Balaban J connectivity index is 2.40. The molecule has 2 aromatic carbocycles. The molecule has 2 N–H and O–H groups in total. The molecule has 1 unspecified atom stereocenters. The molecule has 0 aliphatic carbocycles. The number of rotatable bonds is 7. The van der Waals surface area contributed by atoms with E-state index in [9.17, 15) is 9.00 Å². The first-order valence-electron chi connectivity index (χ1n) is 8.40. The molecule has 2 aromatic rings. The Kier molecular flexibility index (Phi) is 6.32. The fourth-order valence-electron chi connectivity index (χ4n) is 2.60. The second-order valence-corrected chi connectivity index (χ2v) is 8.45. The standard InChI is InChI=1S/C19H26N2O3S/c1-14(2)11-12-21(19(3,4)18(22)20-23)25(24)17-10-9-15-7-5-6-8-16(15)13-17/h5-10,13-14,23H,11-12H2,1-4H3,(H,20,22). The molecule has 0 saturated carbocycles. The molecule has 0 fully saturated rings. The van der Waals surface area contributed by atoms with Gasteiger partial charge in [0.15, 0.2) is 0 Å². The van der Waals surface area contributed by atoms with Crippen LogP contribution in [0.25, 0.3) is 10.8 Å². The molecule has 2 rings (SSSR count). The Morgan fingerprint density at radius 3 is 2.44 bits per heavy atom. The fourth-order valence-corrected chi connectivity index (χ4v) is 4.03. The first-order chi connectivity index (χ1) is 11.8. The van der Waals surface area contributed by atoms with E-state index in [0.717, 1.165) is 17.2 Å². The summed E-state index contributed by atoms with van der Waals surface area (Å²) in [7, 11) is -1.52. The summed E-state index contributed by atoms with van der Waals surface area (Å²) in [6.07, 6.45) is 0.793. The van der Waals surface area contributed by atoms with Crippen molar-refractivity contribution in [2.24, 2.45) is 5.92 Å². The van der Waals surface area contributed by atoms with Crippen LogP contribution in [0.3, 0.4) is 0 Å². The van der Waals surface area contributed by atoms with Crippen molar-refractivity contribution in [3.8, 4) is 0 Å². The number of carbonyl (C=O) groups excluding carboxylic acids is 1. The second kappa shape index (κ2) is 8.08. The van der Waals surface area contributed by atoms with Gasteiger partial charge in [0.1, 0.15) is 16.5 Å². The summed E-state index contributed by atoms with van der Waals surface area (Å²) in [5.74, 6) is -0.172. The van der Waals surface area contributed by atoms with Gasteiger partial charge in [-0.3, -0.25) is 10.0 Å². The third kappa shape index (κ3) is 4.45. The summed E-state index contributed by atoms with van der Waals surface area (Å²) in [6.45, 7) is 7.97. The van der Waals surface area contributed by atoms with Gasteiger partial charge in [0.25, 0.3) is 5.91 Å². The van der Waals surface area contributed by atoms with E-state index in [0.29, 0.717) is 17.4 Å². The molecular formula is C19H26N2O3S. The number of amides is 1.